The predicted molar refractivity (Wildman–Crippen MR) is 96.4 cm³/mol. The minimum atomic E-state index is -0.0710. The molecule has 1 saturated carbocycles. The highest BCUT2D eigenvalue weighted by Crippen LogP contribution is 2.49. The summed E-state index contributed by atoms with van der Waals surface area (Å²) >= 11 is 0. The Morgan fingerprint density at radius 3 is 2.60 bits per heavy atom. The number of amides is 2. The maximum Gasteiger partial charge on any atom is 0.226 e. The lowest BCUT2D eigenvalue weighted by Gasteiger charge is -2.32. The Bertz CT molecular complexity index is 626. The number of rotatable bonds is 5. The molecule has 0 bridgehead atoms. The number of methoxy groups -OCH3 is 1. The van der Waals surface area contributed by atoms with Crippen molar-refractivity contribution in [1.29, 1.82) is 0 Å². The van der Waals surface area contributed by atoms with Gasteiger partial charge in [-0.15, -0.1) is 0 Å². The van der Waals surface area contributed by atoms with Crippen molar-refractivity contribution in [2.75, 3.05) is 20.2 Å². The van der Waals surface area contributed by atoms with Gasteiger partial charge in [0.2, 0.25) is 11.8 Å². The number of likely N-dealkylation sites (tertiary alicyclic amines) is 1. The topological polar surface area (TPSA) is 58.6 Å². The van der Waals surface area contributed by atoms with E-state index in [0.717, 1.165) is 31.6 Å². The van der Waals surface area contributed by atoms with Crippen LogP contribution in [0.25, 0.3) is 0 Å². The number of hydrogen-bond acceptors (Lipinski definition) is 3. The summed E-state index contributed by atoms with van der Waals surface area (Å²) in [6.07, 6.45) is 2.68. The molecule has 0 radical (unpaired) electrons. The van der Waals surface area contributed by atoms with Gasteiger partial charge in [-0.25, -0.2) is 0 Å². The molecule has 0 aromatic heterocycles. The molecule has 5 heteroatoms. The number of nitrogens with one attached hydrogen (secondary N) is 1. The van der Waals surface area contributed by atoms with Crippen LogP contribution in [0, 0.1) is 11.8 Å². The number of benzene rings is 1. The summed E-state index contributed by atoms with van der Waals surface area (Å²) < 4.78 is 5.19. The fourth-order valence-electron chi connectivity index (χ4n) is 3.72. The fourth-order valence-corrected chi connectivity index (χ4v) is 3.72. The second-order valence-electron chi connectivity index (χ2n) is 7.51. The van der Waals surface area contributed by atoms with Crippen molar-refractivity contribution in [1.82, 2.24) is 10.2 Å². The molecule has 3 atom stereocenters. The largest absolute Gasteiger partial charge is 0.497 e. The van der Waals surface area contributed by atoms with Crippen LogP contribution < -0.4 is 10.1 Å². The van der Waals surface area contributed by atoms with Gasteiger partial charge in [-0.1, -0.05) is 12.1 Å². The molecule has 1 saturated heterocycles. The van der Waals surface area contributed by atoms with E-state index < -0.39 is 0 Å². The van der Waals surface area contributed by atoms with E-state index in [1.54, 1.807) is 7.11 Å². The summed E-state index contributed by atoms with van der Waals surface area (Å²) in [6, 6.07) is 8.13. The van der Waals surface area contributed by atoms with Crippen LogP contribution in [0.4, 0.5) is 0 Å². The third-order valence-electron chi connectivity index (χ3n) is 5.19. The molecule has 1 N–H and O–H groups in total. The van der Waals surface area contributed by atoms with Crippen molar-refractivity contribution < 1.29 is 14.3 Å². The Balaban J connectivity index is 1.57. The molecular formula is C20H28N2O3. The first-order valence-corrected chi connectivity index (χ1v) is 9.22. The lowest BCUT2D eigenvalue weighted by atomic mass is 9.96. The first kappa shape index (κ1) is 17.8. The van der Waals surface area contributed by atoms with Crippen molar-refractivity contribution in [2.45, 2.75) is 45.1 Å². The third kappa shape index (κ3) is 4.14. The number of nitrogens with zero attached hydrogens (tertiary/aromatic N) is 1. The van der Waals surface area contributed by atoms with Crippen LogP contribution in [0.1, 0.15) is 44.6 Å². The smallest absolute Gasteiger partial charge is 0.226 e. The molecule has 1 aromatic rings. The standard InChI is InChI=1S/C20H28N2O3/c1-13(2)21-19(23)15-5-4-10-22(12-15)20(24)18-11-17(18)14-6-8-16(25-3)9-7-14/h6-9,13,15,17-18H,4-5,10-12H2,1-3H3,(H,21,23)/t15-,17+,18-/m1/s1. The van der Waals surface area contributed by atoms with Crippen LogP contribution in [0.15, 0.2) is 24.3 Å². The Labute approximate surface area is 149 Å². The zero-order valence-electron chi connectivity index (χ0n) is 15.3. The Hall–Kier alpha value is -2.04. The van der Waals surface area contributed by atoms with Gasteiger partial charge in [0, 0.05) is 25.0 Å². The zero-order chi connectivity index (χ0) is 18.0. The summed E-state index contributed by atoms with van der Waals surface area (Å²) in [4.78, 5) is 27.0. The highest BCUT2D eigenvalue weighted by molar-refractivity contribution is 5.85. The number of ether oxygens (including phenoxy) is 1. The summed E-state index contributed by atoms with van der Waals surface area (Å²) in [5, 5.41) is 2.97. The van der Waals surface area contributed by atoms with Gasteiger partial charge in [-0.2, -0.15) is 0 Å². The molecule has 1 aliphatic carbocycles. The first-order valence-electron chi connectivity index (χ1n) is 9.22. The number of hydrogen-bond donors (Lipinski definition) is 1. The lowest BCUT2D eigenvalue weighted by Crippen LogP contribution is -2.47. The molecule has 5 nitrogen and oxygen atoms in total. The molecule has 136 valence electrons. The highest BCUT2D eigenvalue weighted by Gasteiger charge is 2.46. The Kier molecular flexibility index (Phi) is 5.30. The minimum Gasteiger partial charge on any atom is -0.497 e. The first-order chi connectivity index (χ1) is 12.0. The molecule has 2 amide bonds. The van der Waals surface area contributed by atoms with Gasteiger partial charge < -0.3 is 15.0 Å². The quantitative estimate of drug-likeness (QED) is 0.893. The van der Waals surface area contributed by atoms with Gasteiger partial charge in [0.15, 0.2) is 0 Å². The van der Waals surface area contributed by atoms with Gasteiger partial charge in [-0.05, 0) is 56.7 Å². The molecule has 1 aromatic carbocycles. The molecule has 2 fully saturated rings. The average molecular weight is 344 g/mol. The van der Waals surface area contributed by atoms with E-state index in [-0.39, 0.29) is 29.7 Å². The summed E-state index contributed by atoms with van der Waals surface area (Å²) in [5.74, 6) is 1.43. The maximum absolute atomic E-state index is 12.8. The van der Waals surface area contributed by atoms with Gasteiger partial charge in [0.05, 0.1) is 13.0 Å². The van der Waals surface area contributed by atoms with Gasteiger partial charge in [0.1, 0.15) is 5.75 Å². The lowest BCUT2D eigenvalue weighted by molar-refractivity contribution is -0.137. The van der Waals surface area contributed by atoms with Crippen LogP contribution in [0.2, 0.25) is 0 Å². The van der Waals surface area contributed by atoms with Crippen LogP contribution >= 0.6 is 0 Å². The van der Waals surface area contributed by atoms with E-state index in [4.69, 9.17) is 4.74 Å². The Morgan fingerprint density at radius 2 is 1.96 bits per heavy atom. The van der Waals surface area contributed by atoms with E-state index in [0.29, 0.717) is 12.5 Å². The molecule has 1 aliphatic heterocycles. The van der Waals surface area contributed by atoms with Crippen LogP contribution in [-0.2, 0) is 9.59 Å². The molecule has 2 aliphatic rings. The van der Waals surface area contributed by atoms with Gasteiger partial charge in [0.25, 0.3) is 0 Å². The van der Waals surface area contributed by atoms with Crippen molar-refractivity contribution >= 4 is 11.8 Å². The summed E-state index contributed by atoms with van der Waals surface area (Å²) in [6.45, 7) is 5.26. The van der Waals surface area contributed by atoms with E-state index in [1.165, 1.54) is 5.56 Å². The summed E-state index contributed by atoms with van der Waals surface area (Å²) in [7, 11) is 1.65. The second-order valence-corrected chi connectivity index (χ2v) is 7.51. The van der Waals surface area contributed by atoms with Gasteiger partial charge in [-0.3, -0.25) is 9.59 Å². The number of piperidine rings is 1. The monoisotopic (exact) mass is 344 g/mol. The van der Waals surface area contributed by atoms with E-state index in [1.807, 2.05) is 43.0 Å². The molecule has 0 unspecified atom stereocenters. The molecule has 25 heavy (non-hydrogen) atoms. The van der Waals surface area contributed by atoms with Crippen LogP contribution in [0.5, 0.6) is 5.75 Å². The molecule has 1 heterocycles. The maximum atomic E-state index is 12.8. The molecule has 0 spiro atoms. The Morgan fingerprint density at radius 1 is 1.24 bits per heavy atom. The second kappa shape index (κ2) is 7.46. The van der Waals surface area contributed by atoms with Crippen molar-refractivity contribution in [3.05, 3.63) is 29.8 Å². The molecule has 3 rings (SSSR count). The van der Waals surface area contributed by atoms with Crippen molar-refractivity contribution in [3.8, 4) is 5.75 Å². The van der Waals surface area contributed by atoms with E-state index in [9.17, 15) is 9.59 Å². The predicted octanol–water partition coefficient (Wildman–Crippen LogP) is 2.56. The minimum absolute atomic E-state index is 0.0697. The fraction of sp³-hybridized carbons (Fsp3) is 0.600. The SMILES string of the molecule is COc1ccc([C@@H]2C[C@H]2C(=O)N2CCC[C@@H](C(=O)NC(C)C)C2)cc1. The average Bonchev–Trinajstić information content (AvgIpc) is 3.41. The zero-order valence-corrected chi connectivity index (χ0v) is 15.3. The van der Waals surface area contributed by atoms with E-state index in [2.05, 4.69) is 5.32 Å². The number of carbonyl (C=O) groups is 2. The van der Waals surface area contributed by atoms with Crippen molar-refractivity contribution in [2.24, 2.45) is 11.8 Å². The summed E-state index contributed by atoms with van der Waals surface area (Å²) in [5.41, 5.74) is 1.20. The normalized spacial score (nSPS) is 25.6. The van der Waals surface area contributed by atoms with Crippen LogP contribution in [0.3, 0.4) is 0 Å². The van der Waals surface area contributed by atoms with E-state index >= 15 is 0 Å². The number of carbonyl (C=O) groups excluding carboxylic acids is 2. The van der Waals surface area contributed by atoms with Gasteiger partial charge >= 0.3 is 0 Å². The molecular weight excluding hydrogens is 316 g/mol. The third-order valence-corrected chi connectivity index (χ3v) is 5.19. The van der Waals surface area contributed by atoms with Crippen molar-refractivity contribution in [3.63, 3.8) is 0 Å². The van der Waals surface area contributed by atoms with Crippen LogP contribution in [-0.4, -0.2) is 43.0 Å². The highest BCUT2D eigenvalue weighted by atomic mass is 16.5.